The van der Waals surface area contributed by atoms with Crippen LogP contribution in [0.3, 0.4) is 0 Å². The molecule has 0 aliphatic rings. The van der Waals surface area contributed by atoms with Crippen LogP contribution in [0.5, 0.6) is 5.75 Å². The molecule has 1 heterocycles. The maximum Gasteiger partial charge on any atom is 0.140 e. The predicted octanol–water partition coefficient (Wildman–Crippen LogP) is 1.68. The molecule has 0 saturated carbocycles. The predicted molar refractivity (Wildman–Crippen MR) is 65.3 cm³/mol. The molecular formula is C13H18N2O. The molecule has 0 aliphatic heterocycles. The van der Waals surface area contributed by atoms with Gasteiger partial charge < -0.3 is 10.5 Å². The van der Waals surface area contributed by atoms with E-state index in [9.17, 15) is 0 Å². The maximum absolute atomic E-state index is 5.63. The van der Waals surface area contributed by atoms with Crippen molar-refractivity contribution >= 4 is 0 Å². The average molecular weight is 218 g/mol. The Morgan fingerprint density at radius 2 is 2.25 bits per heavy atom. The van der Waals surface area contributed by atoms with E-state index >= 15 is 0 Å². The SMILES string of the molecule is CC#CCCOc1ccc(C)nc1CCN. The van der Waals surface area contributed by atoms with Crippen LogP contribution in [0.1, 0.15) is 24.7 Å². The second-order valence-electron chi connectivity index (χ2n) is 3.46. The first kappa shape index (κ1) is 12.5. The molecule has 0 aliphatic carbocycles. The molecule has 1 rings (SSSR count). The molecule has 1 aromatic rings. The first-order valence-electron chi connectivity index (χ1n) is 5.47. The second kappa shape index (κ2) is 6.86. The van der Waals surface area contributed by atoms with Gasteiger partial charge in [0.2, 0.25) is 0 Å². The van der Waals surface area contributed by atoms with Crippen LogP contribution in [0, 0.1) is 18.8 Å². The van der Waals surface area contributed by atoms with Gasteiger partial charge in [-0.2, -0.15) is 0 Å². The fourth-order valence-corrected chi connectivity index (χ4v) is 1.38. The highest BCUT2D eigenvalue weighted by molar-refractivity contribution is 5.29. The van der Waals surface area contributed by atoms with E-state index in [-0.39, 0.29) is 0 Å². The Morgan fingerprint density at radius 3 is 2.94 bits per heavy atom. The molecule has 0 atom stereocenters. The highest BCUT2D eigenvalue weighted by Gasteiger charge is 2.04. The van der Waals surface area contributed by atoms with Crippen molar-refractivity contribution in [2.45, 2.75) is 26.7 Å². The smallest absolute Gasteiger partial charge is 0.140 e. The largest absolute Gasteiger partial charge is 0.491 e. The highest BCUT2D eigenvalue weighted by atomic mass is 16.5. The lowest BCUT2D eigenvalue weighted by molar-refractivity contribution is 0.321. The van der Waals surface area contributed by atoms with Gasteiger partial charge >= 0.3 is 0 Å². The van der Waals surface area contributed by atoms with Gasteiger partial charge in [-0.15, -0.1) is 11.8 Å². The first-order chi connectivity index (χ1) is 7.77. The molecule has 0 bridgehead atoms. The summed E-state index contributed by atoms with van der Waals surface area (Å²) in [7, 11) is 0. The molecule has 0 amide bonds. The molecule has 0 unspecified atom stereocenters. The minimum atomic E-state index is 0.585. The number of nitrogens with zero attached hydrogens (tertiary/aromatic N) is 1. The molecule has 3 heteroatoms. The number of rotatable bonds is 5. The van der Waals surface area contributed by atoms with Crippen molar-refractivity contribution in [3.05, 3.63) is 23.5 Å². The van der Waals surface area contributed by atoms with Crippen molar-refractivity contribution in [1.82, 2.24) is 4.98 Å². The molecule has 0 spiro atoms. The summed E-state index contributed by atoms with van der Waals surface area (Å²) in [6, 6.07) is 3.90. The molecule has 3 nitrogen and oxygen atoms in total. The summed E-state index contributed by atoms with van der Waals surface area (Å²) in [5.74, 6) is 6.63. The van der Waals surface area contributed by atoms with Crippen molar-refractivity contribution in [1.29, 1.82) is 0 Å². The van der Waals surface area contributed by atoms with Gasteiger partial charge in [-0.3, -0.25) is 4.98 Å². The van der Waals surface area contributed by atoms with Crippen LogP contribution in [0.4, 0.5) is 0 Å². The van der Waals surface area contributed by atoms with Gasteiger partial charge in [0.25, 0.3) is 0 Å². The lowest BCUT2D eigenvalue weighted by Gasteiger charge is -2.09. The summed E-state index contributed by atoms with van der Waals surface area (Å²) < 4.78 is 5.63. The number of hydrogen-bond acceptors (Lipinski definition) is 3. The highest BCUT2D eigenvalue weighted by Crippen LogP contribution is 2.17. The Kier molecular flexibility index (Phi) is 5.38. The Bertz CT molecular complexity index is 391. The van der Waals surface area contributed by atoms with Crippen molar-refractivity contribution in [3.8, 4) is 17.6 Å². The summed E-state index contributed by atoms with van der Waals surface area (Å²) in [5.41, 5.74) is 7.46. The number of hydrogen-bond donors (Lipinski definition) is 1. The summed E-state index contributed by atoms with van der Waals surface area (Å²) in [4.78, 5) is 4.42. The van der Waals surface area contributed by atoms with Crippen LogP contribution < -0.4 is 10.5 Å². The van der Waals surface area contributed by atoms with E-state index in [1.165, 1.54) is 0 Å². The molecule has 86 valence electrons. The van der Waals surface area contributed by atoms with E-state index in [0.717, 1.165) is 30.0 Å². The van der Waals surface area contributed by atoms with Crippen molar-refractivity contribution in [3.63, 3.8) is 0 Å². The number of nitrogens with two attached hydrogens (primary N) is 1. The van der Waals surface area contributed by atoms with Gasteiger partial charge in [0.15, 0.2) is 0 Å². The standard InChI is InChI=1S/C13H18N2O/c1-3-4-5-10-16-13-7-6-11(2)15-12(13)8-9-14/h6-7H,5,8-10,14H2,1-2H3. The van der Waals surface area contributed by atoms with Gasteiger partial charge in [-0.25, -0.2) is 0 Å². The zero-order valence-electron chi connectivity index (χ0n) is 9.92. The number of pyridine rings is 1. The summed E-state index contributed by atoms with van der Waals surface area (Å²) in [6.07, 6.45) is 1.49. The van der Waals surface area contributed by atoms with E-state index in [0.29, 0.717) is 13.2 Å². The van der Waals surface area contributed by atoms with Crippen LogP contribution in [0.2, 0.25) is 0 Å². The van der Waals surface area contributed by atoms with E-state index in [4.69, 9.17) is 10.5 Å². The molecule has 1 aromatic heterocycles. The van der Waals surface area contributed by atoms with Gasteiger partial charge in [0.1, 0.15) is 5.75 Å². The normalized spacial score (nSPS) is 9.44. The molecule has 0 saturated heterocycles. The zero-order chi connectivity index (χ0) is 11.8. The van der Waals surface area contributed by atoms with Gasteiger partial charge in [0, 0.05) is 18.5 Å². The summed E-state index contributed by atoms with van der Waals surface area (Å²) in [6.45, 7) is 4.98. The Labute approximate surface area is 97.0 Å². The van der Waals surface area contributed by atoms with Gasteiger partial charge in [-0.05, 0) is 32.5 Å². The molecular weight excluding hydrogens is 200 g/mol. The molecule has 0 aromatic carbocycles. The third-order valence-corrected chi connectivity index (χ3v) is 2.11. The second-order valence-corrected chi connectivity index (χ2v) is 3.46. The third-order valence-electron chi connectivity index (χ3n) is 2.11. The first-order valence-corrected chi connectivity index (χ1v) is 5.47. The van der Waals surface area contributed by atoms with Crippen molar-refractivity contribution in [2.24, 2.45) is 5.73 Å². The zero-order valence-corrected chi connectivity index (χ0v) is 9.92. The molecule has 0 fully saturated rings. The molecule has 16 heavy (non-hydrogen) atoms. The molecule has 0 radical (unpaired) electrons. The average Bonchev–Trinajstić information content (AvgIpc) is 2.27. The van der Waals surface area contributed by atoms with Gasteiger partial charge in [0.05, 0.1) is 12.3 Å². The van der Waals surface area contributed by atoms with Crippen molar-refractivity contribution < 1.29 is 4.74 Å². The number of aryl methyl sites for hydroxylation is 1. The van der Waals surface area contributed by atoms with Crippen LogP contribution in [0.15, 0.2) is 12.1 Å². The van der Waals surface area contributed by atoms with Gasteiger partial charge in [-0.1, -0.05) is 0 Å². The third kappa shape index (κ3) is 3.92. The van der Waals surface area contributed by atoms with Crippen LogP contribution >= 0.6 is 0 Å². The monoisotopic (exact) mass is 218 g/mol. The fraction of sp³-hybridized carbons (Fsp3) is 0.462. The fourth-order valence-electron chi connectivity index (χ4n) is 1.38. The lowest BCUT2D eigenvalue weighted by atomic mass is 10.2. The lowest BCUT2D eigenvalue weighted by Crippen LogP contribution is -2.08. The van der Waals surface area contributed by atoms with E-state index in [1.807, 2.05) is 26.0 Å². The maximum atomic E-state index is 5.63. The van der Waals surface area contributed by atoms with E-state index in [2.05, 4.69) is 16.8 Å². The Morgan fingerprint density at radius 1 is 1.44 bits per heavy atom. The topological polar surface area (TPSA) is 48.1 Å². The molecule has 2 N–H and O–H groups in total. The number of ether oxygens (including phenoxy) is 1. The van der Waals surface area contributed by atoms with Crippen LogP contribution in [-0.4, -0.2) is 18.1 Å². The number of aromatic nitrogens is 1. The summed E-state index contributed by atoms with van der Waals surface area (Å²) >= 11 is 0. The Balaban J connectivity index is 2.65. The van der Waals surface area contributed by atoms with Crippen LogP contribution in [-0.2, 0) is 6.42 Å². The minimum absolute atomic E-state index is 0.585. The van der Waals surface area contributed by atoms with Crippen LogP contribution in [0.25, 0.3) is 0 Å². The van der Waals surface area contributed by atoms with Crippen molar-refractivity contribution in [2.75, 3.05) is 13.2 Å². The summed E-state index contributed by atoms with van der Waals surface area (Å²) in [5, 5.41) is 0. The van der Waals surface area contributed by atoms with E-state index in [1.54, 1.807) is 0 Å². The minimum Gasteiger partial charge on any atom is -0.491 e. The van der Waals surface area contributed by atoms with E-state index < -0.39 is 0 Å². The quantitative estimate of drug-likeness (QED) is 0.604. The Hall–Kier alpha value is -1.53.